The lowest BCUT2D eigenvalue weighted by Crippen LogP contribution is -2.42. The summed E-state index contributed by atoms with van der Waals surface area (Å²) in [6.07, 6.45) is 0.486. The minimum absolute atomic E-state index is 0.116. The van der Waals surface area contributed by atoms with Crippen LogP contribution in [0.25, 0.3) is 5.70 Å². The van der Waals surface area contributed by atoms with Crippen molar-refractivity contribution < 1.29 is 4.79 Å². The zero-order valence-electron chi connectivity index (χ0n) is 17.2. The predicted octanol–water partition coefficient (Wildman–Crippen LogP) is 2.48. The third-order valence-corrected chi connectivity index (χ3v) is 5.82. The van der Waals surface area contributed by atoms with Gasteiger partial charge in [-0.15, -0.1) is 0 Å². The molecule has 0 spiro atoms. The van der Waals surface area contributed by atoms with Crippen molar-refractivity contribution in [2.45, 2.75) is 6.42 Å². The molecule has 0 N–H and O–H groups in total. The number of aromatic nitrogens is 2. The van der Waals surface area contributed by atoms with Crippen LogP contribution in [0.4, 0.5) is 5.82 Å². The number of hydrogen-bond donors (Lipinski definition) is 0. The molecule has 2 aliphatic rings. The van der Waals surface area contributed by atoms with Gasteiger partial charge in [0.25, 0.3) is 5.56 Å². The largest absolute Gasteiger partial charge is 0.332 e. The number of aliphatic imine (C=N–C) groups is 1. The number of Topliss-reactive ketones (excluding diaryl/α,β-unsaturated/α-hetero) is 1. The highest BCUT2D eigenvalue weighted by atomic mass is 16.2. The Morgan fingerprint density at radius 2 is 1.55 bits per heavy atom. The highest BCUT2D eigenvalue weighted by Crippen LogP contribution is 2.40. The van der Waals surface area contributed by atoms with Gasteiger partial charge in [-0.1, -0.05) is 60.7 Å². The van der Waals surface area contributed by atoms with Gasteiger partial charge < -0.3 is 4.90 Å². The molecule has 0 amide bonds. The third kappa shape index (κ3) is 2.81. The van der Waals surface area contributed by atoms with Crippen molar-refractivity contribution in [3.8, 4) is 0 Å². The Kier molecular flexibility index (Phi) is 4.32. The normalized spacial score (nSPS) is 14.9. The average Bonchev–Trinajstić information content (AvgIpc) is 3.26. The minimum atomic E-state index is -0.456. The summed E-state index contributed by atoms with van der Waals surface area (Å²) in [4.78, 5) is 45.8. The van der Waals surface area contributed by atoms with E-state index in [-0.39, 0.29) is 11.6 Å². The number of carbonyl (C=O) groups is 1. The molecule has 3 aromatic rings. The lowest BCUT2D eigenvalue weighted by atomic mass is 9.98. The number of ketones is 1. The Morgan fingerprint density at radius 3 is 2.23 bits per heavy atom. The fourth-order valence-electron chi connectivity index (χ4n) is 4.24. The lowest BCUT2D eigenvalue weighted by molar-refractivity contribution is 0.103. The van der Waals surface area contributed by atoms with E-state index in [0.717, 1.165) is 10.1 Å². The average molecular weight is 412 g/mol. The van der Waals surface area contributed by atoms with E-state index in [9.17, 15) is 14.4 Å². The standard InChI is InChI=1S/C24H20N4O3/c1-26-22-18(23(30)27(2)24(26)31)19-17(20(29)15-9-5-3-6-10-15)13-14-28(19)21(25-22)16-11-7-4-8-12-16/h3-12H,13-14H2,1-2H3. The minimum Gasteiger partial charge on any atom is -0.324 e. The first-order valence-corrected chi connectivity index (χ1v) is 10.0. The summed E-state index contributed by atoms with van der Waals surface area (Å²) in [5.74, 6) is 0.787. The summed E-state index contributed by atoms with van der Waals surface area (Å²) in [6.45, 7) is 0.530. The molecule has 0 aliphatic carbocycles. The molecule has 0 radical (unpaired) electrons. The molecule has 0 saturated heterocycles. The van der Waals surface area contributed by atoms with Crippen LogP contribution in [0, 0.1) is 0 Å². The number of rotatable bonds is 3. The fourth-order valence-corrected chi connectivity index (χ4v) is 4.24. The van der Waals surface area contributed by atoms with Gasteiger partial charge >= 0.3 is 5.69 Å². The topological polar surface area (TPSA) is 76.7 Å². The molecule has 3 heterocycles. The molecule has 31 heavy (non-hydrogen) atoms. The first kappa shape index (κ1) is 19.0. The Morgan fingerprint density at radius 1 is 0.903 bits per heavy atom. The van der Waals surface area contributed by atoms with E-state index in [0.29, 0.717) is 41.2 Å². The number of fused-ring (bicyclic) bond motifs is 3. The highest BCUT2D eigenvalue weighted by molar-refractivity contribution is 6.18. The highest BCUT2D eigenvalue weighted by Gasteiger charge is 2.38. The van der Waals surface area contributed by atoms with Crippen LogP contribution < -0.4 is 11.2 Å². The fraction of sp³-hybridized carbons (Fsp3) is 0.167. The van der Waals surface area contributed by atoms with E-state index >= 15 is 0 Å². The first-order valence-electron chi connectivity index (χ1n) is 10.0. The Hall–Kier alpha value is -4.00. The molecule has 2 aromatic carbocycles. The zero-order valence-corrected chi connectivity index (χ0v) is 17.2. The van der Waals surface area contributed by atoms with Crippen molar-refractivity contribution in [3.05, 3.63) is 104 Å². The summed E-state index contributed by atoms with van der Waals surface area (Å²) >= 11 is 0. The maximum atomic E-state index is 13.4. The number of carbonyl (C=O) groups excluding carboxylic acids is 1. The Labute approximate surface area is 178 Å². The van der Waals surface area contributed by atoms with E-state index in [4.69, 9.17) is 4.99 Å². The molecular weight excluding hydrogens is 392 g/mol. The second-order valence-electron chi connectivity index (χ2n) is 7.63. The smallest absolute Gasteiger partial charge is 0.324 e. The summed E-state index contributed by atoms with van der Waals surface area (Å²) in [5.41, 5.74) is 1.92. The molecule has 154 valence electrons. The maximum Gasteiger partial charge on any atom is 0.332 e. The van der Waals surface area contributed by atoms with E-state index in [1.54, 1.807) is 19.2 Å². The molecule has 0 atom stereocenters. The Bertz CT molecular complexity index is 1400. The molecule has 5 rings (SSSR count). The second-order valence-corrected chi connectivity index (χ2v) is 7.63. The van der Waals surface area contributed by atoms with Crippen LogP contribution in [-0.2, 0) is 14.1 Å². The van der Waals surface area contributed by atoms with Crippen molar-refractivity contribution >= 4 is 23.1 Å². The molecule has 0 saturated carbocycles. The number of nitrogens with zero attached hydrogens (tertiary/aromatic N) is 4. The van der Waals surface area contributed by atoms with Crippen molar-refractivity contribution in [1.82, 2.24) is 14.0 Å². The summed E-state index contributed by atoms with van der Waals surface area (Å²) in [7, 11) is 3.04. The van der Waals surface area contributed by atoms with Crippen LogP contribution in [0.3, 0.4) is 0 Å². The van der Waals surface area contributed by atoms with Gasteiger partial charge in [0.15, 0.2) is 11.6 Å². The van der Waals surface area contributed by atoms with Crippen molar-refractivity contribution in [3.63, 3.8) is 0 Å². The van der Waals surface area contributed by atoms with E-state index in [2.05, 4.69) is 0 Å². The molecule has 1 aromatic heterocycles. The van der Waals surface area contributed by atoms with Crippen LogP contribution in [0.5, 0.6) is 0 Å². The summed E-state index contributed by atoms with van der Waals surface area (Å²) in [6, 6.07) is 18.6. The number of benzene rings is 2. The third-order valence-electron chi connectivity index (χ3n) is 5.82. The van der Waals surface area contributed by atoms with Gasteiger partial charge in [0.1, 0.15) is 11.4 Å². The van der Waals surface area contributed by atoms with Crippen molar-refractivity contribution in [2.24, 2.45) is 19.1 Å². The van der Waals surface area contributed by atoms with Gasteiger partial charge in [0, 0.05) is 37.3 Å². The Balaban J connectivity index is 1.84. The lowest BCUT2D eigenvalue weighted by Gasteiger charge is -2.30. The molecule has 0 fully saturated rings. The SMILES string of the molecule is Cn1c2c(c(=O)n(C)c1=O)C1=C(C(=O)c3ccccc3)CCN1C(c1ccccc1)=N2. The second kappa shape index (κ2) is 7.05. The molecule has 0 bridgehead atoms. The summed E-state index contributed by atoms with van der Waals surface area (Å²) < 4.78 is 2.43. The van der Waals surface area contributed by atoms with Crippen molar-refractivity contribution in [1.29, 1.82) is 0 Å². The number of amidine groups is 1. The van der Waals surface area contributed by atoms with Gasteiger partial charge in [-0.3, -0.25) is 18.7 Å². The first-order chi connectivity index (χ1) is 15.0. The van der Waals surface area contributed by atoms with Crippen LogP contribution in [0.15, 0.2) is 80.8 Å². The van der Waals surface area contributed by atoms with E-state index in [1.165, 1.54) is 11.6 Å². The van der Waals surface area contributed by atoms with E-state index < -0.39 is 11.2 Å². The van der Waals surface area contributed by atoms with Gasteiger partial charge in [-0.05, 0) is 6.42 Å². The molecule has 7 heteroatoms. The number of hydrogen-bond acceptors (Lipinski definition) is 5. The maximum absolute atomic E-state index is 13.4. The van der Waals surface area contributed by atoms with Gasteiger partial charge in [-0.2, -0.15) is 0 Å². The molecule has 0 unspecified atom stereocenters. The van der Waals surface area contributed by atoms with Crippen LogP contribution in [-0.4, -0.2) is 32.2 Å². The predicted molar refractivity (Wildman–Crippen MR) is 119 cm³/mol. The van der Waals surface area contributed by atoms with Crippen LogP contribution in [0.2, 0.25) is 0 Å². The van der Waals surface area contributed by atoms with E-state index in [1.807, 2.05) is 53.4 Å². The van der Waals surface area contributed by atoms with Gasteiger partial charge in [0.05, 0.1) is 5.70 Å². The van der Waals surface area contributed by atoms with Crippen LogP contribution in [0.1, 0.15) is 27.9 Å². The van der Waals surface area contributed by atoms with Crippen molar-refractivity contribution in [2.75, 3.05) is 6.54 Å². The molecule has 7 nitrogen and oxygen atoms in total. The summed E-state index contributed by atoms with van der Waals surface area (Å²) in [5, 5.41) is 0. The molecule has 2 aliphatic heterocycles. The van der Waals surface area contributed by atoms with Gasteiger partial charge in [0.2, 0.25) is 0 Å². The van der Waals surface area contributed by atoms with Crippen LogP contribution >= 0.6 is 0 Å². The quantitative estimate of drug-likeness (QED) is 0.620. The molecular formula is C24H20N4O3. The monoisotopic (exact) mass is 412 g/mol. The van der Waals surface area contributed by atoms with Gasteiger partial charge in [-0.25, -0.2) is 9.79 Å². The zero-order chi connectivity index (χ0) is 21.7.